The number of halogens is 3. The number of amides is 1. The number of rotatable bonds is 7. The van der Waals surface area contributed by atoms with Gasteiger partial charge >= 0.3 is 6.18 Å². The average molecular weight is 467 g/mol. The summed E-state index contributed by atoms with van der Waals surface area (Å²) in [7, 11) is 4.88. The monoisotopic (exact) mass is 466 g/mol. The van der Waals surface area contributed by atoms with Crippen molar-refractivity contribution in [1.29, 1.82) is 0 Å². The summed E-state index contributed by atoms with van der Waals surface area (Å²) in [4.78, 5) is 22.5. The van der Waals surface area contributed by atoms with Crippen LogP contribution in [0.3, 0.4) is 0 Å². The molecule has 1 aliphatic rings. The molecule has 0 N–H and O–H groups in total. The number of benzene rings is 1. The minimum Gasteiger partial charge on any atom is -0.493 e. The summed E-state index contributed by atoms with van der Waals surface area (Å²) in [6.45, 7) is 3.23. The summed E-state index contributed by atoms with van der Waals surface area (Å²) < 4.78 is 49.1. The number of pyridine rings is 1. The standard InChI is InChI=1S/C23H29F3N4O3/c1-28(15-17-6-4-7-19(32-2)22(17)33-3)21(31)16-29-10-5-11-30(13-12-29)20-9-8-18(14-27-20)23(24,25)26/h4,6-9,14H,5,10-13,15-16H2,1-3H3. The number of anilines is 1. The van der Waals surface area contributed by atoms with Gasteiger partial charge in [0.1, 0.15) is 5.82 Å². The maximum absolute atomic E-state index is 12.8. The van der Waals surface area contributed by atoms with Crippen LogP contribution in [0.2, 0.25) is 0 Å². The molecule has 0 aliphatic carbocycles. The Balaban J connectivity index is 1.56. The molecule has 0 atom stereocenters. The molecular weight excluding hydrogens is 437 g/mol. The van der Waals surface area contributed by atoms with Gasteiger partial charge < -0.3 is 19.3 Å². The lowest BCUT2D eigenvalue weighted by molar-refractivity contribution is -0.137. The fourth-order valence-electron chi connectivity index (χ4n) is 3.83. The molecule has 0 radical (unpaired) electrons. The second-order valence-corrected chi connectivity index (χ2v) is 7.92. The van der Waals surface area contributed by atoms with Gasteiger partial charge in [0.25, 0.3) is 0 Å². The largest absolute Gasteiger partial charge is 0.493 e. The average Bonchev–Trinajstić information content (AvgIpc) is 3.03. The molecule has 0 saturated carbocycles. The minimum absolute atomic E-state index is 0.0269. The van der Waals surface area contributed by atoms with E-state index in [0.29, 0.717) is 43.5 Å². The number of hydrogen-bond acceptors (Lipinski definition) is 6. The first-order chi connectivity index (χ1) is 15.7. The van der Waals surface area contributed by atoms with Crippen molar-refractivity contribution < 1.29 is 27.4 Å². The van der Waals surface area contributed by atoms with Crippen molar-refractivity contribution in [2.24, 2.45) is 0 Å². The highest BCUT2D eigenvalue weighted by Gasteiger charge is 2.31. The van der Waals surface area contributed by atoms with E-state index in [-0.39, 0.29) is 12.5 Å². The Labute approximate surface area is 191 Å². The van der Waals surface area contributed by atoms with Crippen LogP contribution in [-0.4, -0.2) is 74.7 Å². The number of alkyl halides is 3. The summed E-state index contributed by atoms with van der Waals surface area (Å²) in [5, 5.41) is 0. The molecule has 2 aromatic rings. The van der Waals surface area contributed by atoms with Gasteiger partial charge in [-0.3, -0.25) is 9.69 Å². The predicted molar refractivity (Wildman–Crippen MR) is 119 cm³/mol. The minimum atomic E-state index is -4.40. The summed E-state index contributed by atoms with van der Waals surface area (Å²) in [5.41, 5.74) is 0.0899. The van der Waals surface area contributed by atoms with Crippen LogP contribution in [-0.2, 0) is 17.5 Å². The van der Waals surface area contributed by atoms with Gasteiger partial charge in [-0.15, -0.1) is 0 Å². The molecule has 1 aliphatic heterocycles. The van der Waals surface area contributed by atoms with E-state index in [2.05, 4.69) is 9.88 Å². The lowest BCUT2D eigenvalue weighted by Gasteiger charge is -2.25. The van der Waals surface area contributed by atoms with E-state index in [4.69, 9.17) is 9.47 Å². The third kappa shape index (κ3) is 6.28. The van der Waals surface area contributed by atoms with Crippen LogP contribution in [0.4, 0.5) is 19.0 Å². The highest BCUT2D eigenvalue weighted by atomic mass is 19.4. The lowest BCUT2D eigenvalue weighted by Crippen LogP contribution is -2.40. The predicted octanol–water partition coefficient (Wildman–Crippen LogP) is 3.29. The zero-order valence-corrected chi connectivity index (χ0v) is 19.1. The number of methoxy groups -OCH3 is 2. The van der Waals surface area contributed by atoms with Crippen molar-refractivity contribution in [3.05, 3.63) is 47.7 Å². The van der Waals surface area contributed by atoms with Crippen molar-refractivity contribution in [2.75, 3.05) is 58.9 Å². The number of ether oxygens (including phenoxy) is 2. The molecule has 7 nitrogen and oxygen atoms in total. The Kier molecular flexibility index (Phi) is 8.01. The van der Waals surface area contributed by atoms with Gasteiger partial charge in [0.05, 0.1) is 26.3 Å². The van der Waals surface area contributed by atoms with E-state index in [9.17, 15) is 18.0 Å². The zero-order valence-electron chi connectivity index (χ0n) is 19.1. The summed E-state index contributed by atoms with van der Waals surface area (Å²) in [6, 6.07) is 8.01. The fourth-order valence-corrected chi connectivity index (χ4v) is 3.83. The first kappa shape index (κ1) is 24.6. The van der Waals surface area contributed by atoms with E-state index >= 15 is 0 Å². The molecule has 1 aromatic carbocycles. The van der Waals surface area contributed by atoms with E-state index in [1.165, 1.54) is 6.07 Å². The van der Waals surface area contributed by atoms with Crippen LogP contribution in [0, 0.1) is 0 Å². The normalized spacial score (nSPS) is 15.2. The lowest BCUT2D eigenvalue weighted by atomic mass is 10.1. The van der Waals surface area contributed by atoms with Crippen LogP contribution >= 0.6 is 0 Å². The van der Waals surface area contributed by atoms with E-state index in [1.54, 1.807) is 32.2 Å². The molecular formula is C23H29F3N4O3. The molecule has 10 heteroatoms. The molecule has 1 fully saturated rings. The quantitative estimate of drug-likeness (QED) is 0.624. The van der Waals surface area contributed by atoms with Crippen molar-refractivity contribution in [2.45, 2.75) is 19.1 Å². The molecule has 2 heterocycles. The highest BCUT2D eigenvalue weighted by molar-refractivity contribution is 5.78. The van der Waals surface area contributed by atoms with Gasteiger partial charge in [-0.2, -0.15) is 13.2 Å². The number of aromatic nitrogens is 1. The summed E-state index contributed by atoms with van der Waals surface area (Å²) in [5.74, 6) is 1.70. The topological polar surface area (TPSA) is 58.1 Å². The molecule has 1 amide bonds. The van der Waals surface area contributed by atoms with Crippen molar-refractivity contribution >= 4 is 11.7 Å². The highest BCUT2D eigenvalue weighted by Crippen LogP contribution is 2.31. The maximum atomic E-state index is 12.8. The number of nitrogens with zero attached hydrogens (tertiary/aromatic N) is 4. The smallest absolute Gasteiger partial charge is 0.417 e. The number of carbonyl (C=O) groups excluding carboxylic acids is 1. The first-order valence-corrected chi connectivity index (χ1v) is 10.7. The zero-order chi connectivity index (χ0) is 24.0. The third-order valence-corrected chi connectivity index (χ3v) is 5.66. The summed E-state index contributed by atoms with van der Waals surface area (Å²) in [6.07, 6.45) is -2.75. The van der Waals surface area contributed by atoms with Crippen molar-refractivity contribution in [3.63, 3.8) is 0 Å². The van der Waals surface area contributed by atoms with Crippen LogP contribution in [0.25, 0.3) is 0 Å². The van der Waals surface area contributed by atoms with Crippen molar-refractivity contribution in [3.8, 4) is 11.5 Å². The van der Waals surface area contributed by atoms with Crippen LogP contribution in [0.15, 0.2) is 36.5 Å². The SMILES string of the molecule is COc1cccc(CN(C)C(=O)CN2CCCN(c3ccc(C(F)(F)F)cn3)CC2)c1OC. The Hall–Kier alpha value is -3.01. The Morgan fingerprint density at radius 3 is 2.52 bits per heavy atom. The number of hydrogen-bond donors (Lipinski definition) is 0. The second-order valence-electron chi connectivity index (χ2n) is 7.92. The first-order valence-electron chi connectivity index (χ1n) is 10.7. The molecule has 3 rings (SSSR count). The van der Waals surface area contributed by atoms with E-state index in [0.717, 1.165) is 30.8 Å². The van der Waals surface area contributed by atoms with Gasteiger partial charge in [-0.05, 0) is 24.6 Å². The number of likely N-dealkylation sites (N-methyl/N-ethyl adjacent to an activating group) is 1. The maximum Gasteiger partial charge on any atom is 0.417 e. The van der Waals surface area contributed by atoms with Gasteiger partial charge in [0, 0.05) is 51.5 Å². The molecule has 0 spiro atoms. The van der Waals surface area contributed by atoms with Crippen molar-refractivity contribution in [1.82, 2.24) is 14.8 Å². The van der Waals surface area contributed by atoms with E-state index in [1.807, 2.05) is 17.0 Å². The second kappa shape index (κ2) is 10.7. The fraction of sp³-hybridized carbons (Fsp3) is 0.478. The van der Waals surface area contributed by atoms with Gasteiger partial charge in [-0.25, -0.2) is 4.98 Å². The molecule has 1 aromatic heterocycles. The Bertz CT molecular complexity index is 938. The van der Waals surface area contributed by atoms with Crippen LogP contribution < -0.4 is 14.4 Å². The molecule has 0 bridgehead atoms. The number of para-hydroxylation sites is 1. The van der Waals surface area contributed by atoms with Gasteiger partial charge in [0.15, 0.2) is 11.5 Å². The third-order valence-electron chi connectivity index (χ3n) is 5.66. The number of carbonyl (C=O) groups is 1. The molecule has 33 heavy (non-hydrogen) atoms. The molecule has 180 valence electrons. The van der Waals surface area contributed by atoms with E-state index < -0.39 is 11.7 Å². The van der Waals surface area contributed by atoms with Crippen LogP contribution in [0.5, 0.6) is 11.5 Å². The summed E-state index contributed by atoms with van der Waals surface area (Å²) >= 11 is 0. The Morgan fingerprint density at radius 1 is 1.09 bits per heavy atom. The molecule has 0 unspecified atom stereocenters. The van der Waals surface area contributed by atoms with Crippen LogP contribution in [0.1, 0.15) is 17.5 Å². The molecule has 1 saturated heterocycles. The van der Waals surface area contributed by atoms with Gasteiger partial charge in [-0.1, -0.05) is 12.1 Å². The Morgan fingerprint density at radius 2 is 1.88 bits per heavy atom. The van der Waals surface area contributed by atoms with Gasteiger partial charge in [0.2, 0.25) is 5.91 Å².